The van der Waals surface area contributed by atoms with Crippen molar-refractivity contribution in [3.8, 4) is 0 Å². The van der Waals surface area contributed by atoms with Crippen LogP contribution >= 0.6 is 0 Å². The predicted octanol–water partition coefficient (Wildman–Crippen LogP) is 2.11. The lowest BCUT2D eigenvalue weighted by Gasteiger charge is -2.37. The van der Waals surface area contributed by atoms with E-state index in [0.717, 1.165) is 51.7 Å². The van der Waals surface area contributed by atoms with Gasteiger partial charge in [-0.05, 0) is 64.0 Å². The van der Waals surface area contributed by atoms with E-state index >= 15 is 0 Å². The van der Waals surface area contributed by atoms with Crippen molar-refractivity contribution >= 4 is 11.8 Å². The van der Waals surface area contributed by atoms with Crippen molar-refractivity contribution in [3.05, 3.63) is 0 Å². The van der Waals surface area contributed by atoms with Crippen molar-refractivity contribution in [1.82, 2.24) is 14.7 Å². The monoisotopic (exact) mass is 347 g/mol. The van der Waals surface area contributed by atoms with Crippen LogP contribution in [0.2, 0.25) is 0 Å². The highest BCUT2D eigenvalue weighted by Crippen LogP contribution is 2.40. The molecule has 5 heteroatoms. The molecule has 140 valence electrons. The summed E-state index contributed by atoms with van der Waals surface area (Å²) < 4.78 is 0. The molecule has 4 aliphatic rings. The molecule has 0 radical (unpaired) electrons. The molecule has 4 unspecified atom stereocenters. The van der Waals surface area contributed by atoms with Gasteiger partial charge in [-0.2, -0.15) is 0 Å². The highest BCUT2D eigenvalue weighted by atomic mass is 16.2. The van der Waals surface area contributed by atoms with Crippen molar-refractivity contribution in [1.29, 1.82) is 0 Å². The molecule has 4 atom stereocenters. The van der Waals surface area contributed by atoms with E-state index in [-0.39, 0.29) is 23.8 Å². The molecule has 25 heavy (non-hydrogen) atoms. The summed E-state index contributed by atoms with van der Waals surface area (Å²) in [5.74, 6) is 1.17. The van der Waals surface area contributed by atoms with Crippen molar-refractivity contribution < 1.29 is 9.59 Å². The Bertz CT molecular complexity index is 517. The number of piperidine rings is 2. The normalized spacial score (nSPS) is 36.5. The number of hydrogen-bond acceptors (Lipinski definition) is 3. The molecule has 5 nitrogen and oxygen atoms in total. The van der Waals surface area contributed by atoms with Gasteiger partial charge in [0.05, 0.1) is 0 Å². The maximum atomic E-state index is 13.2. The molecule has 3 aliphatic heterocycles. The Morgan fingerprint density at radius 2 is 1.56 bits per heavy atom. The lowest BCUT2D eigenvalue weighted by atomic mass is 10.00. The minimum Gasteiger partial charge on any atom is -0.339 e. The summed E-state index contributed by atoms with van der Waals surface area (Å²) in [5, 5.41) is 0. The lowest BCUT2D eigenvalue weighted by molar-refractivity contribution is -0.148. The van der Waals surface area contributed by atoms with Crippen LogP contribution in [0.25, 0.3) is 0 Å². The summed E-state index contributed by atoms with van der Waals surface area (Å²) >= 11 is 0. The molecule has 3 heterocycles. The van der Waals surface area contributed by atoms with E-state index in [1.54, 1.807) is 0 Å². The van der Waals surface area contributed by atoms with Crippen molar-refractivity contribution in [2.75, 3.05) is 32.7 Å². The number of rotatable bonds is 3. The van der Waals surface area contributed by atoms with Crippen LogP contribution in [-0.2, 0) is 9.59 Å². The molecule has 0 aromatic rings. The van der Waals surface area contributed by atoms with Crippen LogP contribution in [-0.4, -0.2) is 71.3 Å². The molecule has 0 bridgehead atoms. The van der Waals surface area contributed by atoms with Crippen LogP contribution in [0.15, 0.2) is 0 Å². The fraction of sp³-hybridized carbons (Fsp3) is 0.900. The van der Waals surface area contributed by atoms with E-state index in [4.69, 9.17) is 0 Å². The van der Waals surface area contributed by atoms with Gasteiger partial charge in [0.15, 0.2) is 0 Å². The highest BCUT2D eigenvalue weighted by molar-refractivity contribution is 5.90. The zero-order valence-electron chi connectivity index (χ0n) is 15.7. The number of carbonyl (C=O) groups excluding carboxylic acids is 2. The predicted molar refractivity (Wildman–Crippen MR) is 97.0 cm³/mol. The molecule has 4 rings (SSSR count). The molecule has 1 aliphatic carbocycles. The van der Waals surface area contributed by atoms with Gasteiger partial charge in [-0.25, -0.2) is 0 Å². The highest BCUT2D eigenvalue weighted by Gasteiger charge is 2.46. The molecule has 0 aromatic heterocycles. The van der Waals surface area contributed by atoms with Crippen molar-refractivity contribution in [3.63, 3.8) is 0 Å². The lowest BCUT2D eigenvalue weighted by Crippen LogP contribution is -2.53. The third-order valence-electron chi connectivity index (χ3n) is 6.88. The van der Waals surface area contributed by atoms with Crippen LogP contribution in [0.4, 0.5) is 0 Å². The van der Waals surface area contributed by atoms with E-state index in [0.29, 0.717) is 12.0 Å². The van der Waals surface area contributed by atoms with Crippen molar-refractivity contribution in [2.45, 2.75) is 70.4 Å². The Balaban J connectivity index is 1.38. The molecule has 2 amide bonds. The van der Waals surface area contributed by atoms with E-state index in [1.807, 2.05) is 4.90 Å². The minimum absolute atomic E-state index is 0.186. The summed E-state index contributed by atoms with van der Waals surface area (Å²) in [6.07, 6.45) is 9.05. The quantitative estimate of drug-likeness (QED) is 0.785. The maximum Gasteiger partial charge on any atom is 0.245 e. The number of amides is 2. The first-order valence-corrected chi connectivity index (χ1v) is 10.5. The molecule has 0 aromatic carbocycles. The number of carbonyl (C=O) groups is 2. The molecular formula is C20H33N3O2. The van der Waals surface area contributed by atoms with Crippen LogP contribution < -0.4 is 0 Å². The van der Waals surface area contributed by atoms with Crippen LogP contribution in [0.3, 0.4) is 0 Å². The van der Waals surface area contributed by atoms with Crippen LogP contribution in [0, 0.1) is 11.8 Å². The number of likely N-dealkylation sites (tertiary alicyclic amines) is 3. The smallest absolute Gasteiger partial charge is 0.245 e. The van der Waals surface area contributed by atoms with Gasteiger partial charge in [-0.15, -0.1) is 0 Å². The summed E-state index contributed by atoms with van der Waals surface area (Å²) in [6.45, 7) is 7.06. The second-order valence-electron chi connectivity index (χ2n) is 8.69. The van der Waals surface area contributed by atoms with E-state index in [2.05, 4.69) is 16.7 Å². The third-order valence-corrected chi connectivity index (χ3v) is 6.88. The fourth-order valence-electron chi connectivity index (χ4n) is 5.07. The van der Waals surface area contributed by atoms with Gasteiger partial charge in [-0.1, -0.05) is 13.3 Å². The average Bonchev–Trinajstić information content (AvgIpc) is 3.19. The molecule has 4 fully saturated rings. The summed E-state index contributed by atoms with van der Waals surface area (Å²) in [4.78, 5) is 32.5. The first-order valence-electron chi connectivity index (χ1n) is 10.5. The Morgan fingerprint density at radius 3 is 2.28 bits per heavy atom. The average molecular weight is 348 g/mol. The number of nitrogens with zero attached hydrogens (tertiary/aromatic N) is 3. The largest absolute Gasteiger partial charge is 0.339 e. The third kappa shape index (κ3) is 3.57. The Labute approximate surface area is 151 Å². The van der Waals surface area contributed by atoms with Gasteiger partial charge < -0.3 is 9.80 Å². The second-order valence-corrected chi connectivity index (χ2v) is 8.69. The van der Waals surface area contributed by atoms with E-state index in [9.17, 15) is 9.59 Å². The van der Waals surface area contributed by atoms with Gasteiger partial charge in [0.25, 0.3) is 0 Å². The maximum absolute atomic E-state index is 13.2. The minimum atomic E-state index is -0.186. The zero-order chi connectivity index (χ0) is 17.4. The van der Waals surface area contributed by atoms with E-state index in [1.165, 1.54) is 32.4 Å². The second kappa shape index (κ2) is 7.26. The van der Waals surface area contributed by atoms with Gasteiger partial charge in [0.2, 0.25) is 11.8 Å². The fourth-order valence-corrected chi connectivity index (χ4v) is 5.07. The summed E-state index contributed by atoms with van der Waals surface area (Å²) in [5.41, 5.74) is 0. The van der Waals surface area contributed by atoms with Crippen molar-refractivity contribution in [2.24, 2.45) is 11.8 Å². The zero-order valence-corrected chi connectivity index (χ0v) is 15.7. The summed E-state index contributed by atoms with van der Waals surface area (Å²) in [6, 6.07) is 0.356. The molecule has 0 spiro atoms. The summed E-state index contributed by atoms with van der Waals surface area (Å²) in [7, 11) is 0. The van der Waals surface area contributed by atoms with Gasteiger partial charge >= 0.3 is 0 Å². The molecular weight excluding hydrogens is 314 g/mol. The van der Waals surface area contributed by atoms with Gasteiger partial charge in [0, 0.05) is 31.6 Å². The first kappa shape index (κ1) is 17.3. The topological polar surface area (TPSA) is 43.9 Å². The van der Waals surface area contributed by atoms with Crippen LogP contribution in [0.5, 0.6) is 0 Å². The van der Waals surface area contributed by atoms with Gasteiger partial charge in [0.1, 0.15) is 6.04 Å². The standard InChI is InChI=1S/C20H33N3O2/c1-15-13-17(15)19(24)23-11-6-3-7-18(23)20(25)22-12-8-16(14-22)21-9-4-2-5-10-21/h15-18H,2-14H2,1H3. The van der Waals surface area contributed by atoms with E-state index < -0.39 is 0 Å². The van der Waals surface area contributed by atoms with Gasteiger partial charge in [-0.3, -0.25) is 14.5 Å². The first-order chi connectivity index (χ1) is 12.1. The molecule has 0 N–H and O–H groups in total. The molecule has 1 saturated carbocycles. The Morgan fingerprint density at radius 1 is 0.840 bits per heavy atom. The SMILES string of the molecule is CC1CC1C(=O)N1CCCCC1C(=O)N1CCC(N2CCCCC2)C1. The van der Waals surface area contributed by atoms with Crippen LogP contribution in [0.1, 0.15) is 58.3 Å². The molecule has 3 saturated heterocycles. The Hall–Kier alpha value is -1.10. The number of hydrogen-bond donors (Lipinski definition) is 0. The Kier molecular flexibility index (Phi) is 5.03.